The van der Waals surface area contributed by atoms with Gasteiger partial charge in [-0.05, 0) is 25.6 Å². The average molecular weight is 159 g/mol. The fourth-order valence-corrected chi connectivity index (χ4v) is 1.70. The molecule has 2 rings (SSSR count). The van der Waals surface area contributed by atoms with E-state index >= 15 is 0 Å². The second kappa shape index (κ2) is 2.67. The lowest BCUT2D eigenvalue weighted by Crippen LogP contribution is -2.25. The summed E-state index contributed by atoms with van der Waals surface area (Å²) in [6.45, 7) is 3.10. The van der Waals surface area contributed by atoms with E-state index in [1.165, 1.54) is 5.69 Å². The van der Waals surface area contributed by atoms with Crippen molar-refractivity contribution >= 4 is 6.71 Å². The maximum atomic E-state index is 8.74. The standard InChI is InChI=1S/C8H10BN3/c1-7-4-8-5-9(6-10)2-3-12(8)11-7/h4H,2-3,5H2,1H3. The summed E-state index contributed by atoms with van der Waals surface area (Å²) in [7, 11) is 0. The van der Waals surface area contributed by atoms with Gasteiger partial charge in [0.15, 0.2) is 0 Å². The van der Waals surface area contributed by atoms with Gasteiger partial charge in [0.05, 0.1) is 5.69 Å². The summed E-state index contributed by atoms with van der Waals surface area (Å²) >= 11 is 0. The molecule has 0 fully saturated rings. The van der Waals surface area contributed by atoms with Gasteiger partial charge in [0.25, 0.3) is 6.71 Å². The molecule has 60 valence electrons. The molecule has 0 radical (unpaired) electrons. The van der Waals surface area contributed by atoms with Crippen molar-refractivity contribution in [1.82, 2.24) is 9.78 Å². The first-order valence-electron chi connectivity index (χ1n) is 4.22. The van der Waals surface area contributed by atoms with E-state index in [-0.39, 0.29) is 6.71 Å². The third kappa shape index (κ3) is 1.12. The van der Waals surface area contributed by atoms with Crippen LogP contribution in [0.3, 0.4) is 0 Å². The van der Waals surface area contributed by atoms with Crippen LogP contribution >= 0.6 is 0 Å². The van der Waals surface area contributed by atoms with Gasteiger partial charge in [-0.15, -0.1) is 0 Å². The largest absolute Gasteiger partial charge is 0.275 e. The van der Waals surface area contributed by atoms with Crippen LogP contribution in [0, 0.1) is 18.2 Å². The first kappa shape index (κ1) is 7.42. The highest BCUT2D eigenvalue weighted by Crippen LogP contribution is 2.14. The van der Waals surface area contributed by atoms with Crippen LogP contribution in [0.4, 0.5) is 0 Å². The highest BCUT2D eigenvalue weighted by atomic mass is 15.3. The van der Waals surface area contributed by atoms with E-state index in [0.717, 1.165) is 24.9 Å². The lowest BCUT2D eigenvalue weighted by Gasteiger charge is -2.14. The molecule has 0 aromatic carbocycles. The van der Waals surface area contributed by atoms with Crippen molar-refractivity contribution in [2.45, 2.75) is 26.1 Å². The van der Waals surface area contributed by atoms with E-state index in [9.17, 15) is 0 Å². The van der Waals surface area contributed by atoms with Crippen molar-refractivity contribution < 1.29 is 0 Å². The lowest BCUT2D eigenvalue weighted by atomic mass is 9.45. The topological polar surface area (TPSA) is 41.6 Å². The molecule has 3 nitrogen and oxygen atoms in total. The molecule has 0 amide bonds. The first-order chi connectivity index (χ1) is 5.79. The molecular formula is C8H10BN3. The highest BCUT2D eigenvalue weighted by molar-refractivity contribution is 6.66. The van der Waals surface area contributed by atoms with E-state index in [0.29, 0.717) is 0 Å². The third-order valence-electron chi connectivity index (χ3n) is 2.31. The number of hydrogen-bond donors (Lipinski definition) is 0. The molecule has 4 heteroatoms. The molecule has 1 aromatic rings. The number of aryl methyl sites for hydroxylation is 2. The maximum Gasteiger partial charge on any atom is 0.275 e. The summed E-state index contributed by atoms with van der Waals surface area (Å²) in [5.41, 5.74) is 2.27. The zero-order valence-corrected chi connectivity index (χ0v) is 7.12. The summed E-state index contributed by atoms with van der Waals surface area (Å²) < 4.78 is 2.02. The maximum absolute atomic E-state index is 8.74. The van der Waals surface area contributed by atoms with Gasteiger partial charge in [-0.2, -0.15) is 5.10 Å². The Morgan fingerprint density at radius 2 is 2.58 bits per heavy atom. The van der Waals surface area contributed by atoms with Crippen molar-refractivity contribution in [3.05, 3.63) is 17.5 Å². The SMILES string of the molecule is Cc1cc2n(n1)CCB(C#N)C2. The molecule has 0 N–H and O–H groups in total. The van der Waals surface area contributed by atoms with Crippen molar-refractivity contribution in [3.63, 3.8) is 0 Å². The smallest absolute Gasteiger partial charge is 0.271 e. The second-order valence-electron chi connectivity index (χ2n) is 3.32. The highest BCUT2D eigenvalue weighted by Gasteiger charge is 2.22. The molecule has 1 aromatic heterocycles. The molecule has 1 aliphatic heterocycles. The van der Waals surface area contributed by atoms with Crippen molar-refractivity contribution in [2.24, 2.45) is 0 Å². The fourth-order valence-electron chi connectivity index (χ4n) is 1.70. The van der Waals surface area contributed by atoms with Crippen LogP contribution in [0.2, 0.25) is 6.32 Å². The Hall–Kier alpha value is -1.24. The third-order valence-corrected chi connectivity index (χ3v) is 2.31. The van der Waals surface area contributed by atoms with E-state index in [1.54, 1.807) is 0 Å². The second-order valence-corrected chi connectivity index (χ2v) is 3.32. The van der Waals surface area contributed by atoms with Crippen molar-refractivity contribution in [3.8, 4) is 5.97 Å². The van der Waals surface area contributed by atoms with Crippen LogP contribution in [0.25, 0.3) is 0 Å². The summed E-state index contributed by atoms with van der Waals surface area (Å²) in [6, 6.07) is 2.07. The molecule has 0 saturated carbocycles. The van der Waals surface area contributed by atoms with Crippen molar-refractivity contribution in [1.29, 1.82) is 5.26 Å². The Balaban J connectivity index is 2.29. The summed E-state index contributed by atoms with van der Waals surface area (Å²) in [6.07, 6.45) is 1.82. The van der Waals surface area contributed by atoms with Crippen LogP contribution in [0.1, 0.15) is 11.4 Å². The Bertz CT molecular complexity index is 337. The Morgan fingerprint density at radius 3 is 3.33 bits per heavy atom. The number of rotatable bonds is 0. The van der Waals surface area contributed by atoms with Gasteiger partial charge in [0.2, 0.25) is 0 Å². The Morgan fingerprint density at radius 1 is 1.75 bits per heavy atom. The minimum Gasteiger partial charge on any atom is -0.271 e. The number of nitrogens with zero attached hydrogens (tertiary/aromatic N) is 3. The minimum absolute atomic E-state index is 0.202. The van der Waals surface area contributed by atoms with Crippen LogP contribution in [0.5, 0.6) is 0 Å². The van der Waals surface area contributed by atoms with Gasteiger partial charge in [0.1, 0.15) is 0 Å². The molecule has 1 aliphatic rings. The molecule has 2 heterocycles. The first-order valence-corrected chi connectivity index (χ1v) is 4.22. The predicted octanol–water partition coefficient (Wildman–Crippen LogP) is 0.844. The average Bonchev–Trinajstić information content (AvgIpc) is 2.43. The van der Waals surface area contributed by atoms with Gasteiger partial charge in [-0.25, -0.2) is 5.26 Å². The van der Waals surface area contributed by atoms with Crippen LogP contribution in [0.15, 0.2) is 6.07 Å². The molecule has 0 saturated heterocycles. The van der Waals surface area contributed by atoms with Gasteiger partial charge < -0.3 is 0 Å². The fraction of sp³-hybridized carbons (Fsp3) is 0.500. The molecule has 0 spiro atoms. The monoisotopic (exact) mass is 159 g/mol. The normalized spacial score (nSPS) is 15.5. The van der Waals surface area contributed by atoms with E-state index in [2.05, 4.69) is 17.1 Å². The Kier molecular flexibility index (Phi) is 1.65. The lowest BCUT2D eigenvalue weighted by molar-refractivity contribution is 0.610. The van der Waals surface area contributed by atoms with Crippen LogP contribution in [-0.4, -0.2) is 16.5 Å². The molecule has 0 unspecified atom stereocenters. The van der Waals surface area contributed by atoms with Gasteiger partial charge in [-0.1, -0.05) is 0 Å². The predicted molar refractivity (Wildman–Crippen MR) is 46.8 cm³/mol. The number of nitriles is 1. The summed E-state index contributed by atoms with van der Waals surface area (Å²) in [5.74, 6) is 2.31. The summed E-state index contributed by atoms with van der Waals surface area (Å²) in [4.78, 5) is 0. The quantitative estimate of drug-likeness (QED) is 0.526. The van der Waals surface area contributed by atoms with Crippen LogP contribution < -0.4 is 0 Å². The number of fused-ring (bicyclic) bond motifs is 1. The number of hydrogen-bond acceptors (Lipinski definition) is 2. The molecule has 12 heavy (non-hydrogen) atoms. The molecule has 0 bridgehead atoms. The minimum atomic E-state index is 0.202. The van der Waals surface area contributed by atoms with Gasteiger partial charge in [-0.3, -0.25) is 4.68 Å². The van der Waals surface area contributed by atoms with Crippen LogP contribution in [-0.2, 0) is 12.9 Å². The molecular weight excluding hydrogens is 149 g/mol. The zero-order chi connectivity index (χ0) is 8.55. The molecule has 0 atom stereocenters. The van der Waals surface area contributed by atoms with Gasteiger partial charge >= 0.3 is 0 Å². The number of aromatic nitrogens is 2. The van der Waals surface area contributed by atoms with E-state index < -0.39 is 0 Å². The van der Waals surface area contributed by atoms with E-state index in [4.69, 9.17) is 5.26 Å². The Labute approximate surface area is 72.1 Å². The van der Waals surface area contributed by atoms with Gasteiger partial charge in [0, 0.05) is 18.2 Å². The van der Waals surface area contributed by atoms with E-state index in [1.807, 2.05) is 11.6 Å². The molecule has 0 aliphatic carbocycles. The summed E-state index contributed by atoms with van der Waals surface area (Å²) in [5, 5.41) is 13.1. The zero-order valence-electron chi connectivity index (χ0n) is 7.12. The van der Waals surface area contributed by atoms with Crippen molar-refractivity contribution in [2.75, 3.05) is 0 Å².